The Hall–Kier alpha value is -2.29. The van der Waals surface area contributed by atoms with Crippen molar-refractivity contribution in [3.05, 3.63) is 59.7 Å². The van der Waals surface area contributed by atoms with Crippen LogP contribution in [0.25, 0.3) is 0 Å². The maximum atomic E-state index is 11.4. The molecule has 2 aromatic rings. The van der Waals surface area contributed by atoms with Gasteiger partial charge in [-0.05, 0) is 25.1 Å². The number of benzene rings is 2. The predicted molar refractivity (Wildman–Crippen MR) is 77.9 cm³/mol. The molecule has 20 heavy (non-hydrogen) atoms. The van der Waals surface area contributed by atoms with Crippen molar-refractivity contribution >= 4 is 5.97 Å². The van der Waals surface area contributed by atoms with Crippen molar-refractivity contribution in [2.45, 2.75) is 26.9 Å². The van der Waals surface area contributed by atoms with E-state index in [0.29, 0.717) is 18.8 Å². The van der Waals surface area contributed by atoms with Crippen LogP contribution in [0.3, 0.4) is 0 Å². The third-order valence-electron chi connectivity index (χ3n) is 2.90. The molecular formula is C17H18O3. The molecule has 0 aromatic heterocycles. The van der Waals surface area contributed by atoms with Gasteiger partial charge in [-0.3, -0.25) is 4.79 Å². The molecule has 0 spiro atoms. The van der Waals surface area contributed by atoms with Gasteiger partial charge in [-0.15, -0.1) is 0 Å². The van der Waals surface area contributed by atoms with Crippen molar-refractivity contribution in [2.24, 2.45) is 0 Å². The van der Waals surface area contributed by atoms with Gasteiger partial charge in [0.05, 0.1) is 0 Å². The van der Waals surface area contributed by atoms with E-state index in [9.17, 15) is 4.79 Å². The second kappa shape index (κ2) is 6.75. The Balaban J connectivity index is 2.05. The van der Waals surface area contributed by atoms with Crippen LogP contribution in [0, 0.1) is 6.92 Å². The third kappa shape index (κ3) is 3.85. The molecule has 0 heterocycles. The summed E-state index contributed by atoms with van der Waals surface area (Å²) in [6.45, 7) is 4.17. The molecular weight excluding hydrogens is 252 g/mol. The number of aryl methyl sites for hydroxylation is 1. The molecule has 0 aliphatic rings. The molecule has 3 heteroatoms. The second-order valence-electron chi connectivity index (χ2n) is 4.54. The summed E-state index contributed by atoms with van der Waals surface area (Å²) in [4.78, 5) is 11.4. The first kappa shape index (κ1) is 14.1. The Morgan fingerprint density at radius 3 is 2.45 bits per heavy atom. The Kier molecular flexibility index (Phi) is 4.77. The molecule has 0 aliphatic carbocycles. The van der Waals surface area contributed by atoms with Crippen LogP contribution in [-0.2, 0) is 11.4 Å². The van der Waals surface area contributed by atoms with Gasteiger partial charge in [-0.2, -0.15) is 0 Å². The first-order valence-electron chi connectivity index (χ1n) is 6.67. The van der Waals surface area contributed by atoms with E-state index in [2.05, 4.69) is 0 Å². The van der Waals surface area contributed by atoms with Gasteiger partial charge in [-0.25, -0.2) is 0 Å². The molecule has 0 radical (unpaired) electrons. The summed E-state index contributed by atoms with van der Waals surface area (Å²) in [6, 6.07) is 15.3. The number of carbonyl (C=O) groups excluding carboxylic acids is 1. The number of para-hydroxylation sites is 1. The normalized spacial score (nSPS) is 10.1. The van der Waals surface area contributed by atoms with Crippen LogP contribution in [0.2, 0.25) is 0 Å². The molecule has 2 rings (SSSR count). The van der Waals surface area contributed by atoms with E-state index in [-0.39, 0.29) is 5.97 Å². The van der Waals surface area contributed by atoms with Crippen LogP contribution in [0.1, 0.15) is 24.5 Å². The maximum absolute atomic E-state index is 11.4. The molecule has 2 aromatic carbocycles. The average Bonchev–Trinajstić information content (AvgIpc) is 2.48. The smallest absolute Gasteiger partial charge is 0.310 e. The Bertz CT molecular complexity index is 573. The predicted octanol–water partition coefficient (Wildman–Crippen LogP) is 3.89. The molecule has 0 bridgehead atoms. The summed E-state index contributed by atoms with van der Waals surface area (Å²) in [6.07, 6.45) is 0.354. The van der Waals surface area contributed by atoms with E-state index < -0.39 is 0 Å². The summed E-state index contributed by atoms with van der Waals surface area (Å²) in [5, 5.41) is 0. The summed E-state index contributed by atoms with van der Waals surface area (Å²) in [5.41, 5.74) is 2.05. The highest BCUT2D eigenvalue weighted by atomic mass is 16.5. The molecule has 0 fully saturated rings. The van der Waals surface area contributed by atoms with E-state index >= 15 is 0 Å². The number of rotatable bonds is 5. The molecule has 0 N–H and O–H groups in total. The molecule has 0 aliphatic heterocycles. The van der Waals surface area contributed by atoms with Crippen LogP contribution >= 0.6 is 0 Å². The van der Waals surface area contributed by atoms with E-state index in [1.54, 1.807) is 13.0 Å². The number of esters is 1. The van der Waals surface area contributed by atoms with E-state index in [1.165, 1.54) is 5.56 Å². The van der Waals surface area contributed by atoms with Crippen molar-refractivity contribution in [3.63, 3.8) is 0 Å². The topological polar surface area (TPSA) is 35.5 Å². The maximum Gasteiger partial charge on any atom is 0.310 e. The number of carbonyl (C=O) groups is 1. The lowest BCUT2D eigenvalue weighted by Gasteiger charge is -2.11. The highest BCUT2D eigenvalue weighted by molar-refractivity contribution is 5.72. The molecule has 0 saturated heterocycles. The molecule has 0 unspecified atom stereocenters. The minimum absolute atomic E-state index is 0.243. The van der Waals surface area contributed by atoms with Crippen LogP contribution in [-0.4, -0.2) is 5.97 Å². The van der Waals surface area contributed by atoms with Gasteiger partial charge in [-0.1, -0.05) is 42.8 Å². The van der Waals surface area contributed by atoms with Crippen LogP contribution in [0.5, 0.6) is 11.5 Å². The Labute approximate surface area is 119 Å². The zero-order chi connectivity index (χ0) is 14.4. The summed E-state index contributed by atoms with van der Waals surface area (Å²) in [7, 11) is 0. The van der Waals surface area contributed by atoms with Crippen molar-refractivity contribution in [2.75, 3.05) is 0 Å². The molecule has 0 atom stereocenters. The number of ether oxygens (including phenoxy) is 2. The fraction of sp³-hybridized carbons (Fsp3) is 0.235. The first-order valence-corrected chi connectivity index (χ1v) is 6.67. The highest BCUT2D eigenvalue weighted by Crippen LogP contribution is 2.21. The van der Waals surface area contributed by atoms with Crippen LogP contribution in [0.4, 0.5) is 0 Å². The van der Waals surface area contributed by atoms with E-state index in [1.807, 2.05) is 49.4 Å². The van der Waals surface area contributed by atoms with Gasteiger partial charge in [0.1, 0.15) is 18.1 Å². The Morgan fingerprint density at radius 2 is 1.75 bits per heavy atom. The summed E-state index contributed by atoms with van der Waals surface area (Å²) in [5.74, 6) is 1.12. The van der Waals surface area contributed by atoms with Gasteiger partial charge in [0.15, 0.2) is 0 Å². The van der Waals surface area contributed by atoms with Crippen molar-refractivity contribution < 1.29 is 14.3 Å². The molecule has 3 nitrogen and oxygen atoms in total. The van der Waals surface area contributed by atoms with Gasteiger partial charge in [0.2, 0.25) is 0 Å². The average molecular weight is 270 g/mol. The SMILES string of the molecule is CCC(=O)Oc1ccccc1COc1ccc(C)cc1. The Morgan fingerprint density at radius 1 is 1.05 bits per heavy atom. The van der Waals surface area contributed by atoms with E-state index in [0.717, 1.165) is 11.3 Å². The minimum Gasteiger partial charge on any atom is -0.489 e. The monoisotopic (exact) mass is 270 g/mol. The zero-order valence-electron chi connectivity index (χ0n) is 11.8. The van der Waals surface area contributed by atoms with Crippen LogP contribution in [0.15, 0.2) is 48.5 Å². The fourth-order valence-corrected chi connectivity index (χ4v) is 1.71. The van der Waals surface area contributed by atoms with E-state index in [4.69, 9.17) is 9.47 Å². The highest BCUT2D eigenvalue weighted by Gasteiger charge is 2.07. The summed E-state index contributed by atoms with van der Waals surface area (Å²) >= 11 is 0. The first-order chi connectivity index (χ1) is 9.69. The lowest BCUT2D eigenvalue weighted by Crippen LogP contribution is -2.08. The standard InChI is InChI=1S/C17H18O3/c1-3-17(18)20-16-7-5-4-6-14(16)12-19-15-10-8-13(2)9-11-15/h4-11H,3,12H2,1-2H3. The second-order valence-corrected chi connectivity index (χ2v) is 4.54. The molecule has 0 amide bonds. The zero-order valence-corrected chi connectivity index (χ0v) is 11.8. The lowest BCUT2D eigenvalue weighted by atomic mass is 10.2. The largest absolute Gasteiger partial charge is 0.489 e. The lowest BCUT2D eigenvalue weighted by molar-refractivity contribution is -0.134. The quantitative estimate of drug-likeness (QED) is 0.611. The van der Waals surface area contributed by atoms with Gasteiger partial charge < -0.3 is 9.47 Å². The summed E-state index contributed by atoms with van der Waals surface area (Å²) < 4.78 is 11.0. The molecule has 0 saturated carbocycles. The number of hydrogen-bond acceptors (Lipinski definition) is 3. The van der Waals surface area contributed by atoms with Gasteiger partial charge in [0.25, 0.3) is 0 Å². The van der Waals surface area contributed by atoms with Gasteiger partial charge in [0, 0.05) is 12.0 Å². The number of hydrogen-bond donors (Lipinski definition) is 0. The van der Waals surface area contributed by atoms with Crippen molar-refractivity contribution in [1.29, 1.82) is 0 Å². The van der Waals surface area contributed by atoms with Crippen LogP contribution < -0.4 is 9.47 Å². The minimum atomic E-state index is -0.243. The third-order valence-corrected chi connectivity index (χ3v) is 2.90. The fourth-order valence-electron chi connectivity index (χ4n) is 1.71. The molecule has 104 valence electrons. The van der Waals surface area contributed by atoms with Crippen molar-refractivity contribution in [3.8, 4) is 11.5 Å². The van der Waals surface area contributed by atoms with Gasteiger partial charge >= 0.3 is 5.97 Å². The van der Waals surface area contributed by atoms with Crippen molar-refractivity contribution in [1.82, 2.24) is 0 Å².